The highest BCUT2D eigenvalue weighted by molar-refractivity contribution is 5.85. The van der Waals surface area contributed by atoms with Crippen molar-refractivity contribution in [3.05, 3.63) is 66.0 Å². The summed E-state index contributed by atoms with van der Waals surface area (Å²) < 4.78 is 0. The topological polar surface area (TPSA) is 38.9 Å². The lowest BCUT2D eigenvalue weighted by molar-refractivity contribution is 0.829. The van der Waals surface area contributed by atoms with E-state index in [-0.39, 0.29) is 18.4 Å². The summed E-state index contributed by atoms with van der Waals surface area (Å²) in [6.45, 7) is 0. The summed E-state index contributed by atoms with van der Waals surface area (Å²) in [5.74, 6) is 0. The lowest BCUT2D eigenvalue weighted by Crippen LogP contribution is -2.12. The molecule has 0 radical (unpaired) electrons. The van der Waals surface area contributed by atoms with E-state index in [9.17, 15) is 0 Å². The van der Waals surface area contributed by atoms with Crippen LogP contribution in [-0.2, 0) is 0 Å². The first-order chi connectivity index (χ1) is 6.88. The number of hydrogen-bond acceptors (Lipinski definition) is 2. The van der Waals surface area contributed by atoms with Gasteiger partial charge in [0.2, 0.25) is 0 Å². The molecule has 3 heteroatoms. The minimum Gasteiger partial charge on any atom is -0.319 e. The van der Waals surface area contributed by atoms with Crippen molar-refractivity contribution >= 4 is 12.4 Å². The van der Waals surface area contributed by atoms with Gasteiger partial charge in [-0.25, -0.2) is 0 Å². The molecule has 0 aliphatic heterocycles. The van der Waals surface area contributed by atoms with Crippen molar-refractivity contribution in [2.24, 2.45) is 5.73 Å². The normalized spacial score (nSPS) is 11.5. The molecule has 0 aliphatic carbocycles. The molecule has 0 amide bonds. The highest BCUT2D eigenvalue weighted by Crippen LogP contribution is 2.16. The van der Waals surface area contributed by atoms with Crippen molar-refractivity contribution in [3.8, 4) is 0 Å². The van der Waals surface area contributed by atoms with E-state index in [1.807, 2.05) is 48.5 Å². The van der Waals surface area contributed by atoms with Gasteiger partial charge in [-0.05, 0) is 17.7 Å². The molecule has 2 N–H and O–H groups in total. The second-order valence-electron chi connectivity index (χ2n) is 3.14. The van der Waals surface area contributed by atoms with Gasteiger partial charge in [-0.2, -0.15) is 0 Å². The summed E-state index contributed by atoms with van der Waals surface area (Å²) in [5.41, 5.74) is 8.04. The first kappa shape index (κ1) is 11.7. The standard InChI is InChI=1S/C12H12N2.ClH/c13-12(10-6-2-1-3-7-10)11-8-4-5-9-14-11;/h1-9,12H,13H2;1H/t12-;/m0./s1. The van der Waals surface area contributed by atoms with Gasteiger partial charge >= 0.3 is 0 Å². The Morgan fingerprint density at radius 1 is 0.933 bits per heavy atom. The van der Waals surface area contributed by atoms with Crippen LogP contribution in [0.3, 0.4) is 0 Å². The predicted molar refractivity (Wildman–Crippen MR) is 64.0 cm³/mol. The van der Waals surface area contributed by atoms with Crippen LogP contribution in [0.15, 0.2) is 54.7 Å². The largest absolute Gasteiger partial charge is 0.319 e. The molecule has 0 saturated carbocycles. The van der Waals surface area contributed by atoms with E-state index in [2.05, 4.69) is 4.98 Å². The van der Waals surface area contributed by atoms with Crippen LogP contribution in [0.5, 0.6) is 0 Å². The molecule has 1 aromatic heterocycles. The van der Waals surface area contributed by atoms with Crippen LogP contribution in [0, 0.1) is 0 Å². The molecule has 1 atom stereocenters. The van der Waals surface area contributed by atoms with E-state index < -0.39 is 0 Å². The fraction of sp³-hybridized carbons (Fsp3) is 0.0833. The number of pyridine rings is 1. The molecule has 78 valence electrons. The van der Waals surface area contributed by atoms with E-state index in [1.54, 1.807) is 6.20 Å². The van der Waals surface area contributed by atoms with Crippen molar-refractivity contribution in [3.63, 3.8) is 0 Å². The smallest absolute Gasteiger partial charge is 0.0726 e. The molecule has 0 bridgehead atoms. The summed E-state index contributed by atoms with van der Waals surface area (Å²) in [7, 11) is 0. The van der Waals surface area contributed by atoms with E-state index in [4.69, 9.17) is 5.73 Å². The number of benzene rings is 1. The molecule has 15 heavy (non-hydrogen) atoms. The Hall–Kier alpha value is -1.38. The fourth-order valence-corrected chi connectivity index (χ4v) is 1.39. The molecule has 0 fully saturated rings. The third-order valence-electron chi connectivity index (χ3n) is 2.17. The van der Waals surface area contributed by atoms with Gasteiger partial charge in [-0.1, -0.05) is 36.4 Å². The minimum absolute atomic E-state index is 0. The van der Waals surface area contributed by atoms with Gasteiger partial charge in [-0.15, -0.1) is 12.4 Å². The Bertz CT molecular complexity index is 349. The van der Waals surface area contributed by atoms with Crippen LogP contribution < -0.4 is 5.73 Å². The molecule has 0 unspecified atom stereocenters. The summed E-state index contributed by atoms with van der Waals surface area (Å²) >= 11 is 0. The molecule has 1 heterocycles. The first-order valence-corrected chi connectivity index (χ1v) is 4.59. The van der Waals surface area contributed by atoms with E-state index in [1.165, 1.54) is 0 Å². The van der Waals surface area contributed by atoms with E-state index in [0.717, 1.165) is 11.3 Å². The first-order valence-electron chi connectivity index (χ1n) is 4.59. The van der Waals surface area contributed by atoms with Crippen LogP contribution >= 0.6 is 12.4 Å². The molecule has 0 aliphatic rings. The Kier molecular flexibility index (Phi) is 4.28. The van der Waals surface area contributed by atoms with Gasteiger partial charge in [0.05, 0.1) is 11.7 Å². The SMILES string of the molecule is Cl.N[C@@H](c1ccccc1)c1ccccn1. The average Bonchev–Trinajstić information content (AvgIpc) is 2.30. The zero-order valence-corrected chi connectivity index (χ0v) is 9.02. The number of nitrogens with two attached hydrogens (primary N) is 1. The summed E-state index contributed by atoms with van der Waals surface area (Å²) in [4.78, 5) is 4.23. The highest BCUT2D eigenvalue weighted by Gasteiger charge is 2.07. The number of rotatable bonds is 2. The van der Waals surface area contributed by atoms with Gasteiger partial charge in [-0.3, -0.25) is 4.98 Å². The quantitative estimate of drug-likeness (QED) is 0.845. The maximum atomic E-state index is 6.05. The van der Waals surface area contributed by atoms with Crippen LogP contribution in [0.2, 0.25) is 0 Å². The average molecular weight is 221 g/mol. The van der Waals surface area contributed by atoms with Crippen molar-refractivity contribution in [1.29, 1.82) is 0 Å². The Labute approximate surface area is 95.6 Å². The summed E-state index contributed by atoms with van der Waals surface area (Å²) in [6, 6.07) is 15.6. The summed E-state index contributed by atoms with van der Waals surface area (Å²) in [5, 5.41) is 0. The Balaban J connectivity index is 0.00000112. The van der Waals surface area contributed by atoms with Crippen molar-refractivity contribution in [2.75, 3.05) is 0 Å². The van der Waals surface area contributed by atoms with Crippen molar-refractivity contribution in [1.82, 2.24) is 4.98 Å². The Morgan fingerprint density at radius 2 is 1.60 bits per heavy atom. The number of aromatic nitrogens is 1. The van der Waals surface area contributed by atoms with Gasteiger partial charge in [0.1, 0.15) is 0 Å². The third kappa shape index (κ3) is 2.78. The molecule has 2 nitrogen and oxygen atoms in total. The van der Waals surface area contributed by atoms with Crippen LogP contribution in [0.1, 0.15) is 17.3 Å². The molecule has 2 rings (SSSR count). The second-order valence-corrected chi connectivity index (χ2v) is 3.14. The number of halogens is 1. The third-order valence-corrected chi connectivity index (χ3v) is 2.17. The van der Waals surface area contributed by atoms with Gasteiger partial charge in [0.15, 0.2) is 0 Å². The van der Waals surface area contributed by atoms with Crippen LogP contribution in [0.4, 0.5) is 0 Å². The lowest BCUT2D eigenvalue weighted by Gasteiger charge is -2.10. The molecular weight excluding hydrogens is 208 g/mol. The summed E-state index contributed by atoms with van der Waals surface area (Å²) in [6.07, 6.45) is 1.76. The molecular formula is C12H13ClN2. The zero-order valence-electron chi connectivity index (χ0n) is 8.21. The van der Waals surface area contributed by atoms with Crippen molar-refractivity contribution in [2.45, 2.75) is 6.04 Å². The van der Waals surface area contributed by atoms with Crippen LogP contribution in [0.25, 0.3) is 0 Å². The lowest BCUT2D eigenvalue weighted by atomic mass is 10.0. The molecule has 0 saturated heterocycles. The van der Waals surface area contributed by atoms with Gasteiger partial charge in [0.25, 0.3) is 0 Å². The van der Waals surface area contributed by atoms with E-state index >= 15 is 0 Å². The number of nitrogens with zero attached hydrogens (tertiary/aromatic N) is 1. The maximum absolute atomic E-state index is 6.05. The second kappa shape index (κ2) is 5.49. The molecule has 2 aromatic rings. The Morgan fingerprint density at radius 3 is 2.20 bits per heavy atom. The predicted octanol–water partition coefficient (Wildman–Crippen LogP) is 2.55. The maximum Gasteiger partial charge on any atom is 0.0726 e. The fourth-order valence-electron chi connectivity index (χ4n) is 1.39. The minimum atomic E-state index is -0.127. The molecule has 1 aromatic carbocycles. The van der Waals surface area contributed by atoms with Crippen molar-refractivity contribution < 1.29 is 0 Å². The van der Waals surface area contributed by atoms with Gasteiger partial charge < -0.3 is 5.73 Å². The van der Waals surface area contributed by atoms with Crippen LogP contribution in [-0.4, -0.2) is 4.98 Å². The van der Waals surface area contributed by atoms with Gasteiger partial charge in [0, 0.05) is 6.20 Å². The highest BCUT2D eigenvalue weighted by atomic mass is 35.5. The number of hydrogen-bond donors (Lipinski definition) is 1. The van der Waals surface area contributed by atoms with E-state index in [0.29, 0.717) is 0 Å². The molecule has 0 spiro atoms. The zero-order chi connectivity index (χ0) is 9.80. The monoisotopic (exact) mass is 220 g/mol.